The molecule has 0 saturated carbocycles. The van der Waals surface area contributed by atoms with Crippen molar-refractivity contribution in [3.05, 3.63) is 24.3 Å². The van der Waals surface area contributed by atoms with Gasteiger partial charge >= 0.3 is 0 Å². The Morgan fingerprint density at radius 3 is 2.95 bits per heavy atom. The largest absolute Gasteiger partial charge is 0.399 e. The maximum absolute atomic E-state index is 12.0. The first-order chi connectivity index (χ1) is 9.54. The molecule has 6 heteroatoms. The summed E-state index contributed by atoms with van der Waals surface area (Å²) >= 11 is 0. The van der Waals surface area contributed by atoms with E-state index >= 15 is 0 Å². The van der Waals surface area contributed by atoms with E-state index in [1.54, 1.807) is 36.2 Å². The molecule has 0 bridgehead atoms. The number of likely N-dealkylation sites (N-methyl/N-ethyl adjacent to an activating group) is 1. The van der Waals surface area contributed by atoms with Crippen molar-refractivity contribution in [3.63, 3.8) is 0 Å². The first-order valence-electron chi connectivity index (χ1n) is 6.66. The number of hydrogen-bond donors (Lipinski definition) is 2. The van der Waals surface area contributed by atoms with Crippen molar-refractivity contribution < 1.29 is 9.59 Å². The minimum Gasteiger partial charge on any atom is -0.399 e. The average Bonchev–Trinajstić information content (AvgIpc) is 2.52. The number of benzene rings is 1. The highest BCUT2D eigenvalue weighted by atomic mass is 16.2. The summed E-state index contributed by atoms with van der Waals surface area (Å²) in [6.45, 7) is 2.00. The lowest BCUT2D eigenvalue weighted by Gasteiger charge is -2.18. The van der Waals surface area contributed by atoms with E-state index in [-0.39, 0.29) is 18.4 Å². The van der Waals surface area contributed by atoms with Crippen molar-refractivity contribution in [1.29, 1.82) is 0 Å². The summed E-state index contributed by atoms with van der Waals surface area (Å²) in [7, 11) is 1.79. The van der Waals surface area contributed by atoms with Crippen LogP contribution in [0.15, 0.2) is 24.3 Å². The minimum absolute atomic E-state index is 0.0549. The highest BCUT2D eigenvalue weighted by Crippen LogP contribution is 2.12. The van der Waals surface area contributed by atoms with Crippen molar-refractivity contribution >= 4 is 23.2 Å². The Bertz CT molecular complexity index is 504. The molecule has 1 aliphatic rings. The molecule has 3 N–H and O–H groups in total. The van der Waals surface area contributed by atoms with E-state index in [1.807, 2.05) is 4.90 Å². The molecule has 1 heterocycles. The van der Waals surface area contributed by atoms with Gasteiger partial charge in [0.05, 0.1) is 13.1 Å². The number of anilines is 2. The molecule has 1 fully saturated rings. The van der Waals surface area contributed by atoms with Crippen molar-refractivity contribution in [3.8, 4) is 0 Å². The van der Waals surface area contributed by atoms with Gasteiger partial charge in [0.2, 0.25) is 11.8 Å². The molecule has 2 amide bonds. The Morgan fingerprint density at radius 1 is 1.40 bits per heavy atom. The predicted molar refractivity (Wildman–Crippen MR) is 78.2 cm³/mol. The predicted octanol–water partition coefficient (Wildman–Crippen LogP) is 0.371. The topological polar surface area (TPSA) is 78.7 Å². The van der Waals surface area contributed by atoms with Gasteiger partial charge in [-0.1, -0.05) is 6.07 Å². The van der Waals surface area contributed by atoms with Crippen LogP contribution in [0.25, 0.3) is 0 Å². The van der Waals surface area contributed by atoms with Crippen molar-refractivity contribution in [2.75, 3.05) is 44.3 Å². The lowest BCUT2D eigenvalue weighted by atomic mass is 10.3. The summed E-state index contributed by atoms with van der Waals surface area (Å²) in [6.07, 6.45) is 0.883. The van der Waals surface area contributed by atoms with E-state index in [4.69, 9.17) is 5.73 Å². The lowest BCUT2D eigenvalue weighted by Crippen LogP contribution is -2.38. The number of nitrogen functional groups attached to an aromatic ring is 1. The zero-order valence-electron chi connectivity index (χ0n) is 11.6. The zero-order chi connectivity index (χ0) is 14.5. The molecule has 0 atom stereocenters. The normalized spacial score (nSPS) is 16.9. The van der Waals surface area contributed by atoms with Gasteiger partial charge in [0.25, 0.3) is 0 Å². The van der Waals surface area contributed by atoms with Gasteiger partial charge < -0.3 is 16.0 Å². The Morgan fingerprint density at radius 2 is 2.20 bits per heavy atom. The molecule has 2 rings (SSSR count). The summed E-state index contributed by atoms with van der Waals surface area (Å²) in [6, 6.07) is 7.04. The molecule has 0 aromatic heterocycles. The number of carbonyl (C=O) groups is 2. The number of nitrogens with one attached hydrogen (secondary N) is 1. The fourth-order valence-electron chi connectivity index (χ4n) is 2.20. The van der Waals surface area contributed by atoms with Crippen molar-refractivity contribution in [2.24, 2.45) is 0 Å². The summed E-state index contributed by atoms with van der Waals surface area (Å²) < 4.78 is 0. The average molecular weight is 276 g/mol. The molecular formula is C14H20N4O2. The summed E-state index contributed by atoms with van der Waals surface area (Å²) in [5.41, 5.74) is 6.94. The van der Waals surface area contributed by atoms with Crippen LogP contribution in [0.1, 0.15) is 6.42 Å². The van der Waals surface area contributed by atoms with Crippen LogP contribution in [-0.4, -0.2) is 54.8 Å². The van der Waals surface area contributed by atoms with E-state index in [0.717, 1.165) is 19.5 Å². The SMILES string of the molecule is CN1CCCN(CC(=O)Nc2cccc(N)c2)CC1=O. The van der Waals surface area contributed by atoms with E-state index in [1.165, 1.54) is 0 Å². The third kappa shape index (κ3) is 3.96. The van der Waals surface area contributed by atoms with Crippen LogP contribution < -0.4 is 11.1 Å². The number of rotatable bonds is 3. The number of nitrogens with zero attached hydrogens (tertiary/aromatic N) is 2. The second-order valence-electron chi connectivity index (χ2n) is 5.05. The van der Waals surface area contributed by atoms with Gasteiger partial charge in [-0.25, -0.2) is 0 Å². The molecule has 0 aliphatic carbocycles. The molecule has 6 nitrogen and oxygen atoms in total. The van der Waals surface area contributed by atoms with Gasteiger partial charge in [-0.2, -0.15) is 0 Å². The Kier molecular flexibility index (Phi) is 4.57. The van der Waals surface area contributed by atoms with E-state index < -0.39 is 0 Å². The molecule has 108 valence electrons. The highest BCUT2D eigenvalue weighted by molar-refractivity contribution is 5.93. The van der Waals surface area contributed by atoms with Crippen LogP contribution in [0.3, 0.4) is 0 Å². The maximum Gasteiger partial charge on any atom is 0.238 e. The molecule has 1 aromatic carbocycles. The maximum atomic E-state index is 12.0. The quantitative estimate of drug-likeness (QED) is 0.782. The zero-order valence-corrected chi connectivity index (χ0v) is 11.6. The molecule has 0 spiro atoms. The molecule has 1 aliphatic heterocycles. The summed E-state index contributed by atoms with van der Waals surface area (Å²) in [4.78, 5) is 27.3. The van der Waals surface area contributed by atoms with Gasteiger partial charge in [0.15, 0.2) is 0 Å². The second-order valence-corrected chi connectivity index (χ2v) is 5.05. The van der Waals surface area contributed by atoms with Crippen LogP contribution in [0.2, 0.25) is 0 Å². The van der Waals surface area contributed by atoms with Gasteiger partial charge in [-0.05, 0) is 24.6 Å². The fraction of sp³-hybridized carbons (Fsp3) is 0.429. The molecule has 1 saturated heterocycles. The van der Waals surface area contributed by atoms with Crippen LogP contribution in [0.5, 0.6) is 0 Å². The summed E-state index contributed by atoms with van der Waals surface area (Å²) in [5.74, 6) is -0.0767. The molecule has 0 radical (unpaired) electrons. The smallest absolute Gasteiger partial charge is 0.238 e. The third-order valence-electron chi connectivity index (χ3n) is 3.29. The van der Waals surface area contributed by atoms with Crippen LogP contribution in [-0.2, 0) is 9.59 Å². The summed E-state index contributed by atoms with van der Waals surface area (Å²) in [5, 5.41) is 2.79. The third-order valence-corrected chi connectivity index (χ3v) is 3.29. The first kappa shape index (κ1) is 14.3. The number of hydrogen-bond acceptors (Lipinski definition) is 4. The molecule has 20 heavy (non-hydrogen) atoms. The van der Waals surface area contributed by atoms with Crippen LogP contribution in [0, 0.1) is 0 Å². The van der Waals surface area contributed by atoms with Crippen LogP contribution >= 0.6 is 0 Å². The number of nitrogens with two attached hydrogens (primary N) is 1. The fourth-order valence-corrected chi connectivity index (χ4v) is 2.20. The lowest BCUT2D eigenvalue weighted by molar-refractivity contribution is -0.130. The number of carbonyl (C=O) groups excluding carboxylic acids is 2. The van der Waals surface area contributed by atoms with E-state index in [2.05, 4.69) is 5.32 Å². The van der Waals surface area contributed by atoms with Crippen LogP contribution in [0.4, 0.5) is 11.4 Å². The molecule has 1 aromatic rings. The monoisotopic (exact) mass is 276 g/mol. The van der Waals surface area contributed by atoms with Gasteiger partial charge in [0.1, 0.15) is 0 Å². The van der Waals surface area contributed by atoms with Crippen molar-refractivity contribution in [2.45, 2.75) is 6.42 Å². The van der Waals surface area contributed by atoms with Gasteiger partial charge in [0, 0.05) is 31.5 Å². The second kappa shape index (κ2) is 6.38. The standard InChI is InChI=1S/C14H20N4O2/c1-17-6-3-7-18(10-14(17)20)9-13(19)16-12-5-2-4-11(15)8-12/h2,4-5,8H,3,6-7,9-10,15H2,1H3,(H,16,19). The minimum atomic E-state index is -0.132. The van der Waals surface area contributed by atoms with Gasteiger partial charge in [-0.3, -0.25) is 14.5 Å². The van der Waals surface area contributed by atoms with E-state index in [0.29, 0.717) is 17.9 Å². The molecule has 0 unspecified atom stereocenters. The Balaban J connectivity index is 1.89. The number of amides is 2. The Hall–Kier alpha value is -2.08. The Labute approximate surface area is 118 Å². The first-order valence-corrected chi connectivity index (χ1v) is 6.66. The van der Waals surface area contributed by atoms with Crippen molar-refractivity contribution in [1.82, 2.24) is 9.80 Å². The van der Waals surface area contributed by atoms with Gasteiger partial charge in [-0.15, -0.1) is 0 Å². The van der Waals surface area contributed by atoms with E-state index in [9.17, 15) is 9.59 Å². The molecular weight excluding hydrogens is 256 g/mol. The highest BCUT2D eigenvalue weighted by Gasteiger charge is 2.20.